The standard InChI is InChI=1S/C20H20ClFN2O3S/c1-12-5-13(2)7-16(6-12)24-19-11-28(26,27)10-18(19)23(20(24)25)9-14-3-4-15(22)8-17(14)21/h3-8,18-19H,9-11H2,1-2H3/t18-,19+/m1/s1. The van der Waals surface area contributed by atoms with Crippen LogP contribution in [0.4, 0.5) is 14.9 Å². The summed E-state index contributed by atoms with van der Waals surface area (Å²) in [5.74, 6) is -0.604. The minimum absolute atomic E-state index is 0.0654. The summed E-state index contributed by atoms with van der Waals surface area (Å²) < 4.78 is 38.0. The summed E-state index contributed by atoms with van der Waals surface area (Å²) in [5, 5.41) is 0.218. The summed E-state index contributed by atoms with van der Waals surface area (Å²) in [4.78, 5) is 16.4. The van der Waals surface area contributed by atoms with E-state index < -0.39 is 27.7 Å². The van der Waals surface area contributed by atoms with Gasteiger partial charge < -0.3 is 4.90 Å². The first-order valence-electron chi connectivity index (χ1n) is 8.97. The molecule has 2 fully saturated rings. The van der Waals surface area contributed by atoms with E-state index in [2.05, 4.69) is 0 Å². The maximum atomic E-state index is 13.4. The van der Waals surface area contributed by atoms with E-state index in [4.69, 9.17) is 11.6 Å². The second kappa shape index (κ2) is 6.74. The number of sulfone groups is 1. The molecule has 2 saturated heterocycles. The molecular formula is C20H20ClFN2O3S. The van der Waals surface area contributed by atoms with Gasteiger partial charge in [-0.3, -0.25) is 4.90 Å². The molecule has 4 rings (SSSR count). The molecule has 2 atom stereocenters. The third-order valence-electron chi connectivity index (χ3n) is 5.32. The lowest BCUT2D eigenvalue weighted by atomic mass is 10.1. The van der Waals surface area contributed by atoms with Crippen molar-refractivity contribution in [1.29, 1.82) is 0 Å². The van der Waals surface area contributed by atoms with Crippen LogP contribution in [-0.2, 0) is 16.4 Å². The van der Waals surface area contributed by atoms with Gasteiger partial charge in [0.15, 0.2) is 9.84 Å². The van der Waals surface area contributed by atoms with Crippen LogP contribution in [0.15, 0.2) is 36.4 Å². The number of aryl methyl sites for hydroxylation is 2. The molecule has 2 aromatic rings. The number of amides is 2. The van der Waals surface area contributed by atoms with Crippen molar-refractivity contribution in [2.75, 3.05) is 16.4 Å². The van der Waals surface area contributed by atoms with Crippen molar-refractivity contribution in [3.8, 4) is 0 Å². The third-order valence-corrected chi connectivity index (χ3v) is 7.37. The van der Waals surface area contributed by atoms with Crippen molar-refractivity contribution in [3.63, 3.8) is 0 Å². The van der Waals surface area contributed by atoms with Crippen molar-refractivity contribution in [1.82, 2.24) is 4.90 Å². The fourth-order valence-corrected chi connectivity index (χ4v) is 6.36. The number of benzene rings is 2. The lowest BCUT2D eigenvalue weighted by Gasteiger charge is -2.23. The summed E-state index contributed by atoms with van der Waals surface area (Å²) >= 11 is 6.14. The van der Waals surface area contributed by atoms with Crippen LogP contribution in [-0.4, -0.2) is 42.9 Å². The van der Waals surface area contributed by atoms with Crippen molar-refractivity contribution >= 4 is 33.2 Å². The SMILES string of the molecule is Cc1cc(C)cc(N2C(=O)N(Cc3ccc(F)cc3Cl)[C@@H]3CS(=O)(=O)C[C@@H]32)c1. The Morgan fingerprint density at radius 1 is 1.07 bits per heavy atom. The van der Waals surface area contributed by atoms with Crippen molar-refractivity contribution < 1.29 is 17.6 Å². The predicted octanol–water partition coefficient (Wildman–Crippen LogP) is 3.70. The first kappa shape index (κ1) is 19.2. The minimum Gasteiger partial charge on any atom is -0.314 e. The molecule has 2 amide bonds. The summed E-state index contributed by atoms with van der Waals surface area (Å²) in [6, 6.07) is 8.63. The van der Waals surface area contributed by atoms with Gasteiger partial charge >= 0.3 is 6.03 Å². The van der Waals surface area contributed by atoms with Gasteiger partial charge in [-0.1, -0.05) is 23.7 Å². The molecule has 2 aliphatic rings. The smallest absolute Gasteiger partial charge is 0.314 e. The Hall–Kier alpha value is -2.12. The minimum atomic E-state index is -3.26. The average molecular weight is 423 g/mol. The quantitative estimate of drug-likeness (QED) is 0.708. The monoisotopic (exact) mass is 422 g/mol. The van der Waals surface area contributed by atoms with E-state index in [-0.39, 0.29) is 29.1 Å². The number of hydrogen-bond acceptors (Lipinski definition) is 3. The van der Waals surface area contributed by atoms with Gasteiger partial charge in [0.05, 0.1) is 23.6 Å². The molecule has 2 heterocycles. The highest BCUT2D eigenvalue weighted by molar-refractivity contribution is 7.91. The maximum absolute atomic E-state index is 13.4. The molecule has 0 saturated carbocycles. The molecule has 2 aromatic carbocycles. The van der Waals surface area contributed by atoms with Crippen LogP contribution in [0.2, 0.25) is 5.02 Å². The Kier molecular flexibility index (Phi) is 4.62. The van der Waals surface area contributed by atoms with Crippen LogP contribution in [0.5, 0.6) is 0 Å². The van der Waals surface area contributed by atoms with E-state index in [9.17, 15) is 17.6 Å². The number of halogens is 2. The Balaban J connectivity index is 1.74. The van der Waals surface area contributed by atoms with Crippen LogP contribution in [0, 0.1) is 19.7 Å². The molecule has 5 nitrogen and oxygen atoms in total. The second-order valence-corrected chi connectivity index (χ2v) is 10.1. The van der Waals surface area contributed by atoms with Gasteiger partial charge in [0.2, 0.25) is 0 Å². The van der Waals surface area contributed by atoms with Crippen LogP contribution in [0.25, 0.3) is 0 Å². The van der Waals surface area contributed by atoms with E-state index in [1.165, 1.54) is 18.2 Å². The highest BCUT2D eigenvalue weighted by atomic mass is 35.5. The van der Waals surface area contributed by atoms with Crippen LogP contribution in [0.3, 0.4) is 0 Å². The topological polar surface area (TPSA) is 57.7 Å². The summed E-state index contributed by atoms with van der Waals surface area (Å²) in [5.41, 5.74) is 3.28. The van der Waals surface area contributed by atoms with Gasteiger partial charge in [0.1, 0.15) is 5.82 Å². The largest absolute Gasteiger partial charge is 0.325 e. The first-order valence-corrected chi connectivity index (χ1v) is 11.2. The maximum Gasteiger partial charge on any atom is 0.325 e. The Bertz CT molecular complexity index is 1050. The van der Waals surface area contributed by atoms with Crippen LogP contribution >= 0.6 is 11.6 Å². The second-order valence-electron chi connectivity index (χ2n) is 7.57. The molecule has 0 radical (unpaired) electrons. The number of carbonyl (C=O) groups is 1. The number of anilines is 1. The van der Waals surface area contributed by atoms with E-state index in [0.29, 0.717) is 11.3 Å². The molecule has 0 unspecified atom stereocenters. The molecule has 0 aromatic heterocycles. The van der Waals surface area contributed by atoms with Crippen molar-refractivity contribution in [2.45, 2.75) is 32.5 Å². The fourth-order valence-electron chi connectivity index (χ4n) is 4.19. The zero-order valence-corrected chi connectivity index (χ0v) is 17.1. The third kappa shape index (κ3) is 3.37. The van der Waals surface area contributed by atoms with Gasteiger partial charge in [0, 0.05) is 17.3 Å². The van der Waals surface area contributed by atoms with E-state index in [1.54, 1.807) is 9.80 Å². The molecule has 28 heavy (non-hydrogen) atoms. The van der Waals surface area contributed by atoms with E-state index in [1.807, 2.05) is 32.0 Å². The first-order chi connectivity index (χ1) is 13.1. The van der Waals surface area contributed by atoms with Crippen LogP contribution < -0.4 is 4.90 Å². The highest BCUT2D eigenvalue weighted by Crippen LogP contribution is 2.37. The van der Waals surface area contributed by atoms with E-state index >= 15 is 0 Å². The Morgan fingerprint density at radius 2 is 1.71 bits per heavy atom. The summed E-state index contributed by atoms with van der Waals surface area (Å²) in [6.07, 6.45) is 0. The van der Waals surface area contributed by atoms with Gasteiger partial charge in [-0.05, 0) is 54.8 Å². The van der Waals surface area contributed by atoms with Crippen LogP contribution in [0.1, 0.15) is 16.7 Å². The summed E-state index contributed by atoms with van der Waals surface area (Å²) in [6.45, 7) is 4.02. The molecular weight excluding hydrogens is 403 g/mol. The number of rotatable bonds is 3. The normalized spacial score (nSPS) is 23.4. The summed E-state index contributed by atoms with van der Waals surface area (Å²) in [7, 11) is -3.26. The number of fused-ring (bicyclic) bond motifs is 1. The number of nitrogens with zero attached hydrogens (tertiary/aromatic N) is 2. The van der Waals surface area contributed by atoms with E-state index in [0.717, 1.165) is 11.1 Å². The Labute approximate surface area is 168 Å². The lowest BCUT2D eigenvalue weighted by Crippen LogP contribution is -2.37. The van der Waals surface area contributed by atoms with Crippen molar-refractivity contribution in [3.05, 3.63) is 63.9 Å². The number of urea groups is 1. The molecule has 2 aliphatic heterocycles. The van der Waals surface area contributed by atoms with Gasteiger partial charge in [-0.15, -0.1) is 0 Å². The van der Waals surface area contributed by atoms with Crippen molar-refractivity contribution in [2.24, 2.45) is 0 Å². The zero-order valence-electron chi connectivity index (χ0n) is 15.5. The average Bonchev–Trinajstić information content (AvgIpc) is 2.99. The molecule has 0 aliphatic carbocycles. The lowest BCUT2D eigenvalue weighted by molar-refractivity contribution is 0.206. The highest BCUT2D eigenvalue weighted by Gasteiger charge is 2.53. The van der Waals surface area contributed by atoms with Gasteiger partial charge in [-0.2, -0.15) is 0 Å². The molecule has 0 spiro atoms. The predicted molar refractivity (Wildman–Crippen MR) is 107 cm³/mol. The molecule has 0 bridgehead atoms. The molecule has 8 heteroatoms. The number of carbonyl (C=O) groups excluding carboxylic acids is 1. The molecule has 148 valence electrons. The zero-order chi connectivity index (χ0) is 20.2. The van der Waals surface area contributed by atoms with Gasteiger partial charge in [0.25, 0.3) is 0 Å². The van der Waals surface area contributed by atoms with Gasteiger partial charge in [-0.25, -0.2) is 17.6 Å². The Morgan fingerprint density at radius 3 is 2.36 bits per heavy atom. The molecule has 0 N–H and O–H groups in total. The fraction of sp³-hybridized carbons (Fsp3) is 0.350. The number of hydrogen-bond donors (Lipinski definition) is 0.